The molecule has 0 radical (unpaired) electrons. The number of rotatable bonds is 2. The summed E-state index contributed by atoms with van der Waals surface area (Å²) < 4.78 is 11.6. The maximum Gasteiger partial charge on any atom is 0.308 e. The molecule has 0 saturated carbocycles. The van der Waals surface area contributed by atoms with Crippen molar-refractivity contribution in [3.63, 3.8) is 0 Å². The van der Waals surface area contributed by atoms with E-state index in [9.17, 15) is 4.79 Å². The summed E-state index contributed by atoms with van der Waals surface area (Å²) in [6.45, 7) is 11.6. The molecule has 1 aliphatic rings. The van der Waals surface area contributed by atoms with E-state index in [-0.39, 0.29) is 17.5 Å². The van der Waals surface area contributed by atoms with Crippen molar-refractivity contribution in [2.75, 3.05) is 5.33 Å². The molecule has 20 heavy (non-hydrogen) atoms. The van der Waals surface area contributed by atoms with E-state index in [1.165, 1.54) is 6.92 Å². The first-order valence-electron chi connectivity index (χ1n) is 6.77. The summed E-state index contributed by atoms with van der Waals surface area (Å²) in [5.41, 5.74) is 3.93. The van der Waals surface area contributed by atoms with E-state index in [4.69, 9.17) is 9.47 Å². The summed E-state index contributed by atoms with van der Waals surface area (Å²) in [5, 5.41) is 0.815. The van der Waals surface area contributed by atoms with Crippen LogP contribution in [0.4, 0.5) is 0 Å². The van der Waals surface area contributed by atoms with Gasteiger partial charge in [-0.25, -0.2) is 0 Å². The lowest BCUT2D eigenvalue weighted by atomic mass is 9.84. The Labute approximate surface area is 128 Å². The van der Waals surface area contributed by atoms with Crippen LogP contribution in [-0.2, 0) is 4.79 Å². The second-order valence-corrected chi connectivity index (χ2v) is 6.60. The van der Waals surface area contributed by atoms with Crippen LogP contribution in [0.5, 0.6) is 11.5 Å². The van der Waals surface area contributed by atoms with Crippen molar-refractivity contribution >= 4 is 21.9 Å². The number of hydrogen-bond donors (Lipinski definition) is 0. The molecule has 1 aromatic carbocycles. The smallest absolute Gasteiger partial charge is 0.308 e. The Morgan fingerprint density at radius 3 is 2.35 bits per heavy atom. The van der Waals surface area contributed by atoms with Gasteiger partial charge in [-0.05, 0) is 51.3 Å². The van der Waals surface area contributed by atoms with Gasteiger partial charge in [-0.1, -0.05) is 15.9 Å². The molecule has 2 rings (SSSR count). The third-order valence-electron chi connectivity index (χ3n) is 4.19. The zero-order valence-electron chi connectivity index (χ0n) is 12.9. The molecule has 1 aromatic rings. The SMILES string of the molecule is CC(=O)Oc1c(C)c(C)c2c(c1C)C(CBr)C(C)(C)O2. The third kappa shape index (κ3) is 2.24. The summed E-state index contributed by atoms with van der Waals surface area (Å²) in [7, 11) is 0. The van der Waals surface area contributed by atoms with Gasteiger partial charge in [0.1, 0.15) is 17.1 Å². The summed E-state index contributed by atoms with van der Waals surface area (Å²) in [6, 6.07) is 0. The maximum absolute atomic E-state index is 11.3. The fraction of sp³-hybridized carbons (Fsp3) is 0.562. The van der Waals surface area contributed by atoms with E-state index in [0.717, 1.165) is 33.3 Å². The van der Waals surface area contributed by atoms with Crippen molar-refractivity contribution in [1.29, 1.82) is 0 Å². The highest BCUT2D eigenvalue weighted by atomic mass is 79.9. The lowest BCUT2D eigenvalue weighted by Crippen LogP contribution is -2.31. The molecule has 1 aliphatic heterocycles. The third-order valence-corrected chi connectivity index (χ3v) is 4.83. The van der Waals surface area contributed by atoms with Crippen LogP contribution in [0.2, 0.25) is 0 Å². The van der Waals surface area contributed by atoms with Crippen molar-refractivity contribution in [1.82, 2.24) is 0 Å². The molecule has 110 valence electrons. The van der Waals surface area contributed by atoms with Gasteiger partial charge in [-0.15, -0.1) is 0 Å². The van der Waals surface area contributed by atoms with Crippen LogP contribution in [0.3, 0.4) is 0 Å². The van der Waals surface area contributed by atoms with Crippen LogP contribution in [0.1, 0.15) is 48.9 Å². The number of hydrogen-bond acceptors (Lipinski definition) is 3. The van der Waals surface area contributed by atoms with Gasteiger partial charge in [0.05, 0.1) is 0 Å². The predicted molar refractivity (Wildman–Crippen MR) is 83.2 cm³/mol. The van der Waals surface area contributed by atoms with Crippen molar-refractivity contribution in [2.24, 2.45) is 0 Å². The largest absolute Gasteiger partial charge is 0.487 e. The van der Waals surface area contributed by atoms with Gasteiger partial charge in [0.2, 0.25) is 0 Å². The Balaban J connectivity index is 2.70. The van der Waals surface area contributed by atoms with Crippen molar-refractivity contribution in [2.45, 2.75) is 53.1 Å². The predicted octanol–water partition coefficient (Wildman–Crippen LogP) is 4.19. The number of alkyl halides is 1. The molecule has 0 aromatic heterocycles. The average Bonchev–Trinajstić information content (AvgIpc) is 2.62. The van der Waals surface area contributed by atoms with Gasteiger partial charge in [0, 0.05) is 23.7 Å². The lowest BCUT2D eigenvalue weighted by molar-refractivity contribution is -0.131. The van der Waals surface area contributed by atoms with Gasteiger partial charge in [-0.3, -0.25) is 4.79 Å². The first-order valence-corrected chi connectivity index (χ1v) is 7.89. The molecule has 0 spiro atoms. The number of carbonyl (C=O) groups is 1. The zero-order chi connectivity index (χ0) is 15.2. The van der Waals surface area contributed by atoms with Crippen LogP contribution in [0.15, 0.2) is 0 Å². The quantitative estimate of drug-likeness (QED) is 0.460. The van der Waals surface area contributed by atoms with Gasteiger partial charge in [0.25, 0.3) is 0 Å². The van der Waals surface area contributed by atoms with Crippen LogP contribution in [0.25, 0.3) is 0 Å². The molecule has 0 amide bonds. The molecule has 1 heterocycles. The Morgan fingerprint density at radius 1 is 1.25 bits per heavy atom. The van der Waals surface area contributed by atoms with Gasteiger partial charge >= 0.3 is 5.97 Å². The van der Waals surface area contributed by atoms with Gasteiger partial charge in [0.15, 0.2) is 0 Å². The number of halogens is 1. The summed E-state index contributed by atoms with van der Waals surface area (Å²) >= 11 is 3.59. The Morgan fingerprint density at radius 2 is 1.85 bits per heavy atom. The molecule has 3 nitrogen and oxygen atoms in total. The van der Waals surface area contributed by atoms with E-state index in [0.29, 0.717) is 5.75 Å². The van der Waals surface area contributed by atoms with Crippen molar-refractivity contribution < 1.29 is 14.3 Å². The molecular formula is C16H21BrO3. The molecule has 1 unspecified atom stereocenters. The summed E-state index contributed by atoms with van der Waals surface area (Å²) in [5.74, 6) is 1.58. The Hall–Kier alpha value is -1.03. The van der Waals surface area contributed by atoms with Crippen molar-refractivity contribution in [3.8, 4) is 11.5 Å². The molecular weight excluding hydrogens is 320 g/mol. The second-order valence-electron chi connectivity index (χ2n) is 5.95. The van der Waals surface area contributed by atoms with Crippen LogP contribution >= 0.6 is 15.9 Å². The molecule has 0 N–H and O–H groups in total. The number of carbonyl (C=O) groups excluding carboxylic acids is 1. The van der Waals surface area contributed by atoms with Crippen LogP contribution < -0.4 is 9.47 Å². The Bertz CT molecular complexity index is 576. The highest BCUT2D eigenvalue weighted by Crippen LogP contribution is 2.52. The van der Waals surface area contributed by atoms with E-state index < -0.39 is 0 Å². The maximum atomic E-state index is 11.3. The van der Waals surface area contributed by atoms with Crippen LogP contribution in [-0.4, -0.2) is 16.9 Å². The topological polar surface area (TPSA) is 35.5 Å². The van der Waals surface area contributed by atoms with E-state index in [1.54, 1.807) is 0 Å². The van der Waals surface area contributed by atoms with E-state index >= 15 is 0 Å². The van der Waals surface area contributed by atoms with Gasteiger partial charge in [-0.2, -0.15) is 0 Å². The highest BCUT2D eigenvalue weighted by molar-refractivity contribution is 9.09. The summed E-state index contributed by atoms with van der Waals surface area (Å²) in [4.78, 5) is 11.3. The van der Waals surface area contributed by atoms with Gasteiger partial charge < -0.3 is 9.47 Å². The fourth-order valence-electron chi connectivity index (χ4n) is 2.91. The average molecular weight is 341 g/mol. The highest BCUT2D eigenvalue weighted by Gasteiger charge is 2.43. The molecule has 0 aliphatic carbocycles. The zero-order valence-corrected chi connectivity index (χ0v) is 14.5. The first kappa shape index (κ1) is 15.4. The fourth-order valence-corrected chi connectivity index (χ4v) is 4.01. The minimum atomic E-state index is -0.288. The minimum Gasteiger partial charge on any atom is -0.487 e. The van der Waals surface area contributed by atoms with E-state index in [2.05, 4.69) is 29.8 Å². The number of fused-ring (bicyclic) bond motifs is 1. The minimum absolute atomic E-state index is 0.242. The van der Waals surface area contributed by atoms with E-state index in [1.807, 2.05) is 20.8 Å². The van der Waals surface area contributed by atoms with Crippen LogP contribution in [0, 0.1) is 20.8 Å². The number of ether oxygens (including phenoxy) is 2. The first-order chi connectivity index (χ1) is 9.20. The Kier molecular flexibility index (Phi) is 3.89. The number of benzene rings is 1. The normalized spacial score (nSPS) is 19.4. The molecule has 4 heteroatoms. The summed E-state index contributed by atoms with van der Waals surface area (Å²) in [6.07, 6.45) is 0. The molecule has 0 bridgehead atoms. The standard InChI is InChI=1S/C16H21BrO3/c1-8-9(2)15-13(10(3)14(8)19-11(4)18)12(7-17)16(5,6)20-15/h12H,7H2,1-6H3. The number of esters is 1. The molecule has 0 fully saturated rings. The monoisotopic (exact) mass is 340 g/mol. The lowest BCUT2D eigenvalue weighted by Gasteiger charge is -2.25. The van der Waals surface area contributed by atoms with Crippen molar-refractivity contribution in [3.05, 3.63) is 22.3 Å². The second kappa shape index (κ2) is 5.06. The molecule has 1 atom stereocenters. The molecule has 0 saturated heterocycles.